The highest BCUT2D eigenvalue weighted by Gasteiger charge is 2.20. The van der Waals surface area contributed by atoms with E-state index >= 15 is 0 Å². The lowest BCUT2D eigenvalue weighted by Gasteiger charge is -2.31. The standard InChI is InChI=1S/C14H19N3O2/c1-2-11-5-3-7-17(9-11)10-13-15-16-14(19-13)12-6-4-8-18-12/h4,6,8,11H,2-3,5,7,9-10H2,1H3. The van der Waals surface area contributed by atoms with E-state index in [-0.39, 0.29) is 0 Å². The third-order valence-corrected chi connectivity index (χ3v) is 3.74. The predicted molar refractivity (Wildman–Crippen MR) is 70.3 cm³/mol. The van der Waals surface area contributed by atoms with Gasteiger partial charge >= 0.3 is 0 Å². The quantitative estimate of drug-likeness (QED) is 0.847. The van der Waals surface area contributed by atoms with E-state index in [1.165, 1.54) is 19.3 Å². The van der Waals surface area contributed by atoms with Crippen LogP contribution in [0.1, 0.15) is 32.1 Å². The van der Waals surface area contributed by atoms with E-state index in [0.29, 0.717) is 17.5 Å². The van der Waals surface area contributed by atoms with Crippen LogP contribution in [0.5, 0.6) is 0 Å². The van der Waals surface area contributed by atoms with Gasteiger partial charge in [0.1, 0.15) is 0 Å². The molecule has 1 fully saturated rings. The van der Waals surface area contributed by atoms with Gasteiger partial charge in [-0.25, -0.2) is 0 Å². The summed E-state index contributed by atoms with van der Waals surface area (Å²) in [7, 11) is 0. The van der Waals surface area contributed by atoms with Crippen LogP contribution in [0.15, 0.2) is 27.2 Å². The summed E-state index contributed by atoms with van der Waals surface area (Å²) in [6, 6.07) is 3.64. The van der Waals surface area contributed by atoms with Crippen molar-refractivity contribution in [2.24, 2.45) is 5.92 Å². The number of nitrogens with zero attached hydrogens (tertiary/aromatic N) is 3. The van der Waals surface area contributed by atoms with Crippen LogP contribution in [-0.4, -0.2) is 28.2 Å². The van der Waals surface area contributed by atoms with Crippen molar-refractivity contribution in [3.05, 3.63) is 24.3 Å². The number of hydrogen-bond donors (Lipinski definition) is 0. The average molecular weight is 261 g/mol. The van der Waals surface area contributed by atoms with Crippen LogP contribution in [0, 0.1) is 5.92 Å². The molecule has 1 saturated heterocycles. The van der Waals surface area contributed by atoms with Gasteiger partial charge in [-0.05, 0) is 37.4 Å². The van der Waals surface area contributed by atoms with Crippen LogP contribution in [0.4, 0.5) is 0 Å². The monoisotopic (exact) mass is 261 g/mol. The smallest absolute Gasteiger partial charge is 0.283 e. The molecule has 102 valence electrons. The molecular formula is C14H19N3O2. The number of rotatable bonds is 4. The van der Waals surface area contributed by atoms with Gasteiger partial charge in [0.2, 0.25) is 5.89 Å². The van der Waals surface area contributed by atoms with Gasteiger partial charge in [-0.1, -0.05) is 13.3 Å². The maximum atomic E-state index is 5.64. The number of likely N-dealkylation sites (tertiary alicyclic amines) is 1. The zero-order chi connectivity index (χ0) is 13.1. The lowest BCUT2D eigenvalue weighted by Crippen LogP contribution is -2.34. The Hall–Kier alpha value is -1.62. The first-order valence-corrected chi connectivity index (χ1v) is 6.93. The van der Waals surface area contributed by atoms with E-state index in [2.05, 4.69) is 22.0 Å². The molecule has 0 spiro atoms. The highest BCUT2D eigenvalue weighted by Crippen LogP contribution is 2.22. The Morgan fingerprint density at radius 2 is 2.37 bits per heavy atom. The summed E-state index contributed by atoms with van der Waals surface area (Å²) in [4.78, 5) is 2.40. The summed E-state index contributed by atoms with van der Waals surface area (Å²) in [5.41, 5.74) is 0. The molecular weight excluding hydrogens is 242 g/mol. The Morgan fingerprint density at radius 1 is 1.42 bits per heavy atom. The number of hydrogen-bond acceptors (Lipinski definition) is 5. The second-order valence-electron chi connectivity index (χ2n) is 5.13. The molecule has 1 aliphatic heterocycles. The van der Waals surface area contributed by atoms with Gasteiger partial charge in [-0.2, -0.15) is 0 Å². The molecule has 3 heterocycles. The third-order valence-electron chi connectivity index (χ3n) is 3.74. The molecule has 0 N–H and O–H groups in total. The second kappa shape index (κ2) is 5.57. The Labute approximate surface area is 112 Å². The summed E-state index contributed by atoms with van der Waals surface area (Å²) in [5, 5.41) is 8.13. The minimum absolute atomic E-state index is 0.462. The van der Waals surface area contributed by atoms with Gasteiger partial charge in [-0.15, -0.1) is 10.2 Å². The fourth-order valence-electron chi connectivity index (χ4n) is 2.64. The van der Waals surface area contributed by atoms with Crippen LogP contribution < -0.4 is 0 Å². The first kappa shape index (κ1) is 12.4. The summed E-state index contributed by atoms with van der Waals surface area (Å²) < 4.78 is 10.9. The minimum Gasteiger partial charge on any atom is -0.459 e. The number of furan rings is 1. The maximum absolute atomic E-state index is 5.64. The van der Waals surface area contributed by atoms with Gasteiger partial charge in [0.05, 0.1) is 12.8 Å². The van der Waals surface area contributed by atoms with Crippen molar-refractivity contribution in [2.45, 2.75) is 32.7 Å². The Kier molecular flexibility index (Phi) is 3.64. The van der Waals surface area contributed by atoms with Gasteiger partial charge < -0.3 is 8.83 Å². The van der Waals surface area contributed by atoms with Gasteiger partial charge in [0.25, 0.3) is 5.89 Å². The van der Waals surface area contributed by atoms with Crippen molar-refractivity contribution in [1.82, 2.24) is 15.1 Å². The Bertz CT molecular complexity index is 507. The average Bonchev–Trinajstić information content (AvgIpc) is 3.09. The summed E-state index contributed by atoms with van der Waals surface area (Å²) >= 11 is 0. The van der Waals surface area contributed by atoms with E-state index in [1.54, 1.807) is 6.26 Å². The molecule has 0 amide bonds. The van der Waals surface area contributed by atoms with Crippen LogP contribution in [0.3, 0.4) is 0 Å². The molecule has 1 unspecified atom stereocenters. The summed E-state index contributed by atoms with van der Waals surface area (Å²) in [6.07, 6.45) is 5.46. The van der Waals surface area contributed by atoms with Gasteiger partial charge in [0.15, 0.2) is 5.76 Å². The molecule has 5 heteroatoms. The molecule has 2 aromatic heterocycles. The van der Waals surface area contributed by atoms with Crippen molar-refractivity contribution in [3.8, 4) is 11.7 Å². The summed E-state index contributed by atoms with van der Waals surface area (Å²) in [5.74, 6) is 2.57. The highest BCUT2D eigenvalue weighted by molar-refractivity contribution is 5.42. The molecule has 1 atom stereocenters. The van der Waals surface area contributed by atoms with Gasteiger partial charge in [-0.3, -0.25) is 4.90 Å². The van der Waals surface area contributed by atoms with Gasteiger partial charge in [0, 0.05) is 6.54 Å². The SMILES string of the molecule is CCC1CCCN(Cc2nnc(-c3ccco3)o2)C1. The Balaban J connectivity index is 1.64. The molecule has 0 radical (unpaired) electrons. The van der Waals surface area contributed by atoms with E-state index in [0.717, 1.165) is 25.6 Å². The van der Waals surface area contributed by atoms with E-state index in [4.69, 9.17) is 8.83 Å². The number of aromatic nitrogens is 2. The predicted octanol–water partition coefficient (Wildman–Crippen LogP) is 2.95. The molecule has 3 rings (SSSR count). The third kappa shape index (κ3) is 2.87. The van der Waals surface area contributed by atoms with Crippen molar-refractivity contribution in [3.63, 3.8) is 0 Å². The van der Waals surface area contributed by atoms with Crippen molar-refractivity contribution >= 4 is 0 Å². The van der Waals surface area contributed by atoms with E-state index in [1.807, 2.05) is 12.1 Å². The molecule has 19 heavy (non-hydrogen) atoms. The zero-order valence-corrected chi connectivity index (χ0v) is 11.2. The van der Waals surface area contributed by atoms with Crippen LogP contribution in [-0.2, 0) is 6.54 Å². The molecule has 0 saturated carbocycles. The largest absolute Gasteiger partial charge is 0.459 e. The van der Waals surface area contributed by atoms with Crippen LogP contribution >= 0.6 is 0 Å². The fraction of sp³-hybridized carbons (Fsp3) is 0.571. The first-order valence-electron chi connectivity index (χ1n) is 6.93. The number of piperidine rings is 1. The van der Waals surface area contributed by atoms with Crippen LogP contribution in [0.2, 0.25) is 0 Å². The topological polar surface area (TPSA) is 55.3 Å². The van der Waals surface area contributed by atoms with Crippen molar-refractivity contribution < 1.29 is 8.83 Å². The van der Waals surface area contributed by atoms with Crippen molar-refractivity contribution in [1.29, 1.82) is 0 Å². The normalized spacial score (nSPS) is 20.8. The molecule has 0 bridgehead atoms. The zero-order valence-electron chi connectivity index (χ0n) is 11.2. The molecule has 5 nitrogen and oxygen atoms in total. The molecule has 0 aromatic carbocycles. The van der Waals surface area contributed by atoms with E-state index < -0.39 is 0 Å². The molecule has 0 aliphatic carbocycles. The van der Waals surface area contributed by atoms with E-state index in [9.17, 15) is 0 Å². The fourth-order valence-corrected chi connectivity index (χ4v) is 2.64. The lowest BCUT2D eigenvalue weighted by atomic mass is 9.96. The molecule has 2 aromatic rings. The second-order valence-corrected chi connectivity index (χ2v) is 5.13. The van der Waals surface area contributed by atoms with Crippen LogP contribution in [0.25, 0.3) is 11.7 Å². The first-order chi connectivity index (χ1) is 9.35. The van der Waals surface area contributed by atoms with Crippen molar-refractivity contribution in [2.75, 3.05) is 13.1 Å². The minimum atomic E-state index is 0.462. The lowest BCUT2D eigenvalue weighted by molar-refractivity contribution is 0.152. The summed E-state index contributed by atoms with van der Waals surface area (Å²) in [6.45, 7) is 5.25. The highest BCUT2D eigenvalue weighted by atomic mass is 16.4. The molecule has 1 aliphatic rings. The Morgan fingerprint density at radius 3 is 3.16 bits per heavy atom. The maximum Gasteiger partial charge on any atom is 0.283 e.